The van der Waals surface area contributed by atoms with Crippen molar-refractivity contribution in [1.29, 1.82) is 0 Å². The molecule has 34 heavy (non-hydrogen) atoms. The third-order valence-corrected chi connectivity index (χ3v) is 6.89. The summed E-state index contributed by atoms with van der Waals surface area (Å²) in [6.45, 7) is -2.61. The fraction of sp³-hybridized carbons (Fsp3) is 0.208. The molecule has 0 saturated heterocycles. The Morgan fingerprint density at radius 1 is 1.12 bits per heavy atom. The van der Waals surface area contributed by atoms with Crippen LogP contribution in [0, 0.1) is 5.82 Å². The fourth-order valence-electron chi connectivity index (χ4n) is 4.24. The van der Waals surface area contributed by atoms with E-state index >= 15 is 4.39 Å². The Morgan fingerprint density at radius 2 is 1.85 bits per heavy atom. The van der Waals surface area contributed by atoms with E-state index < -0.39 is 28.3 Å². The Morgan fingerprint density at radius 3 is 2.56 bits per heavy atom. The maximum absolute atomic E-state index is 15.0. The molecule has 4 aromatic rings. The van der Waals surface area contributed by atoms with Crippen LogP contribution in [0.15, 0.2) is 65.6 Å². The predicted octanol–water partition coefficient (Wildman–Crippen LogP) is 4.97. The third kappa shape index (κ3) is 4.03. The van der Waals surface area contributed by atoms with Crippen LogP contribution in [0.3, 0.4) is 0 Å². The molecule has 176 valence electrons. The smallest absolute Gasteiger partial charge is 0.387 e. The highest BCUT2D eigenvalue weighted by atomic mass is 32.2. The molecule has 0 bridgehead atoms. The van der Waals surface area contributed by atoms with Gasteiger partial charge in [-0.05, 0) is 29.8 Å². The Kier molecular flexibility index (Phi) is 5.57. The number of alkyl halides is 2. The second-order valence-corrected chi connectivity index (χ2v) is 9.98. The molecule has 5 rings (SSSR count). The molecule has 0 fully saturated rings. The molecule has 10 heteroatoms. The number of hydrogen-bond donors (Lipinski definition) is 0. The van der Waals surface area contributed by atoms with Gasteiger partial charge in [0.25, 0.3) is 0 Å². The minimum atomic E-state index is -3.39. The van der Waals surface area contributed by atoms with E-state index in [1.54, 1.807) is 36.4 Å². The van der Waals surface area contributed by atoms with Gasteiger partial charge in [-0.1, -0.05) is 30.3 Å². The van der Waals surface area contributed by atoms with Gasteiger partial charge in [-0.2, -0.15) is 8.78 Å². The number of sulfone groups is 1. The molecule has 1 aliphatic heterocycles. The lowest BCUT2D eigenvalue weighted by Gasteiger charge is -2.28. The zero-order chi connectivity index (χ0) is 24.0. The van der Waals surface area contributed by atoms with Crippen LogP contribution in [0.2, 0.25) is 0 Å². The van der Waals surface area contributed by atoms with Gasteiger partial charge in [0.15, 0.2) is 9.84 Å². The number of para-hydroxylation sites is 1. The van der Waals surface area contributed by atoms with Crippen LogP contribution in [0.25, 0.3) is 22.2 Å². The molecule has 0 radical (unpaired) electrons. The van der Waals surface area contributed by atoms with Gasteiger partial charge in [-0.3, -0.25) is 0 Å². The van der Waals surface area contributed by atoms with E-state index in [0.29, 0.717) is 28.0 Å². The van der Waals surface area contributed by atoms with Gasteiger partial charge in [-0.15, -0.1) is 0 Å². The lowest BCUT2D eigenvalue weighted by atomic mass is 10.0. The van der Waals surface area contributed by atoms with Crippen LogP contribution < -0.4 is 4.74 Å². The summed E-state index contributed by atoms with van der Waals surface area (Å²) in [5.74, 6) is 0.0375. The highest BCUT2D eigenvalue weighted by Gasteiger charge is 2.29. The number of benzene rings is 3. The Balaban J connectivity index is 1.65. The van der Waals surface area contributed by atoms with Gasteiger partial charge in [0.05, 0.1) is 28.6 Å². The summed E-state index contributed by atoms with van der Waals surface area (Å²) >= 11 is 0. The highest BCUT2D eigenvalue weighted by Crippen LogP contribution is 2.37. The quantitative estimate of drug-likeness (QED) is 0.397. The SMILES string of the molecule is CS(=O)(=O)c1ccc(-c2cc3c(cc2F)nc2n3C(c3ccccc3OC(F)F)COC2)cc1. The molecule has 1 unspecified atom stereocenters. The van der Waals surface area contributed by atoms with Crippen LogP contribution in [-0.2, 0) is 21.2 Å². The van der Waals surface area contributed by atoms with Gasteiger partial charge in [0.1, 0.15) is 24.0 Å². The second kappa shape index (κ2) is 8.44. The van der Waals surface area contributed by atoms with Gasteiger partial charge in [0.2, 0.25) is 0 Å². The summed E-state index contributed by atoms with van der Waals surface area (Å²) in [4.78, 5) is 4.62. The van der Waals surface area contributed by atoms with E-state index in [4.69, 9.17) is 9.47 Å². The summed E-state index contributed by atoms with van der Waals surface area (Å²) < 4.78 is 76.8. The van der Waals surface area contributed by atoms with Gasteiger partial charge < -0.3 is 14.0 Å². The number of imidazole rings is 1. The molecular weight excluding hydrogens is 469 g/mol. The summed E-state index contributed by atoms with van der Waals surface area (Å²) in [6.07, 6.45) is 1.10. The Labute approximate surface area is 193 Å². The van der Waals surface area contributed by atoms with Crippen molar-refractivity contribution >= 4 is 20.9 Å². The van der Waals surface area contributed by atoms with Crippen LogP contribution in [-0.4, -0.2) is 37.4 Å². The molecule has 2 heterocycles. The highest BCUT2D eigenvalue weighted by molar-refractivity contribution is 7.90. The maximum Gasteiger partial charge on any atom is 0.387 e. The first-order chi connectivity index (χ1) is 16.2. The van der Waals surface area contributed by atoms with E-state index in [-0.39, 0.29) is 29.4 Å². The summed E-state index contributed by atoms with van der Waals surface area (Å²) in [7, 11) is -3.39. The molecule has 0 saturated carbocycles. The normalized spacial score (nSPS) is 16.1. The molecule has 1 aromatic heterocycles. The largest absolute Gasteiger partial charge is 0.434 e. The number of halogens is 3. The number of aromatic nitrogens is 2. The molecular formula is C24H19F3N2O4S. The first kappa shape index (κ1) is 22.4. The number of fused-ring (bicyclic) bond motifs is 3. The van der Waals surface area contributed by atoms with Crippen molar-refractivity contribution in [3.05, 3.63) is 77.9 Å². The van der Waals surface area contributed by atoms with Crippen LogP contribution in [0.4, 0.5) is 13.2 Å². The molecule has 1 atom stereocenters. The lowest BCUT2D eigenvalue weighted by molar-refractivity contribution is -0.0512. The van der Waals surface area contributed by atoms with Crippen molar-refractivity contribution in [2.24, 2.45) is 0 Å². The van der Waals surface area contributed by atoms with E-state index in [1.807, 2.05) is 4.57 Å². The number of nitrogens with zero attached hydrogens (tertiary/aromatic N) is 2. The van der Waals surface area contributed by atoms with Crippen LogP contribution in [0.1, 0.15) is 17.4 Å². The summed E-state index contributed by atoms with van der Waals surface area (Å²) in [6, 6.07) is 14.8. The van der Waals surface area contributed by atoms with Gasteiger partial charge in [0, 0.05) is 23.4 Å². The van der Waals surface area contributed by atoms with E-state index in [2.05, 4.69) is 4.98 Å². The van der Waals surface area contributed by atoms with Gasteiger partial charge >= 0.3 is 6.61 Å². The van der Waals surface area contributed by atoms with Crippen molar-refractivity contribution in [1.82, 2.24) is 9.55 Å². The van der Waals surface area contributed by atoms with Crippen LogP contribution in [0.5, 0.6) is 5.75 Å². The van der Waals surface area contributed by atoms with Crippen molar-refractivity contribution in [3.63, 3.8) is 0 Å². The molecule has 0 N–H and O–H groups in total. The lowest BCUT2D eigenvalue weighted by Crippen LogP contribution is -2.25. The number of rotatable bonds is 5. The second-order valence-electron chi connectivity index (χ2n) is 7.96. The fourth-order valence-corrected chi connectivity index (χ4v) is 4.87. The first-order valence-corrected chi connectivity index (χ1v) is 12.2. The van der Waals surface area contributed by atoms with Crippen molar-refractivity contribution in [3.8, 4) is 16.9 Å². The maximum atomic E-state index is 15.0. The molecule has 1 aliphatic rings. The standard InChI is InChI=1S/C24H19F3N2O4S/c1-34(30,31)15-8-6-14(7-9-15)17-10-20-19(11-18(17)25)28-23-13-32-12-21(29(20)23)16-4-2-3-5-22(16)33-24(26)27/h2-11,21,24H,12-13H2,1H3. The number of hydrogen-bond acceptors (Lipinski definition) is 5. The monoisotopic (exact) mass is 488 g/mol. The zero-order valence-electron chi connectivity index (χ0n) is 17.9. The summed E-state index contributed by atoms with van der Waals surface area (Å²) in [5, 5.41) is 0. The molecule has 0 spiro atoms. The molecule has 0 aliphatic carbocycles. The first-order valence-electron chi connectivity index (χ1n) is 10.3. The Hall–Kier alpha value is -3.37. The van der Waals surface area contributed by atoms with Crippen LogP contribution >= 0.6 is 0 Å². The predicted molar refractivity (Wildman–Crippen MR) is 119 cm³/mol. The summed E-state index contributed by atoms with van der Waals surface area (Å²) in [5.41, 5.74) is 2.24. The molecule has 0 amide bonds. The minimum Gasteiger partial charge on any atom is -0.434 e. The van der Waals surface area contributed by atoms with E-state index in [0.717, 1.165) is 6.26 Å². The van der Waals surface area contributed by atoms with Crippen molar-refractivity contribution in [2.45, 2.75) is 24.2 Å². The zero-order valence-corrected chi connectivity index (χ0v) is 18.7. The van der Waals surface area contributed by atoms with E-state index in [1.165, 1.54) is 24.3 Å². The number of ether oxygens (including phenoxy) is 2. The molecule has 3 aromatic carbocycles. The third-order valence-electron chi connectivity index (χ3n) is 5.76. The average Bonchev–Trinajstić information content (AvgIpc) is 3.15. The minimum absolute atomic E-state index is 0.0273. The average molecular weight is 488 g/mol. The van der Waals surface area contributed by atoms with E-state index in [9.17, 15) is 17.2 Å². The van der Waals surface area contributed by atoms with Crippen molar-refractivity contribution < 1.29 is 31.1 Å². The van der Waals surface area contributed by atoms with Crippen molar-refractivity contribution in [2.75, 3.05) is 12.9 Å². The topological polar surface area (TPSA) is 70.4 Å². The molecule has 6 nitrogen and oxygen atoms in total. The Bertz CT molecular complexity index is 1480. The van der Waals surface area contributed by atoms with Gasteiger partial charge in [-0.25, -0.2) is 17.8 Å².